The molecule has 1 rings (SSSR count). The predicted octanol–water partition coefficient (Wildman–Crippen LogP) is 3.62. The third kappa shape index (κ3) is 4.42. The number of nitrogens with one attached hydrogen (secondary N) is 1. The average Bonchev–Trinajstić information content (AvgIpc) is 2.28. The van der Waals surface area contributed by atoms with Gasteiger partial charge in [0.2, 0.25) is 0 Å². The number of hydrogen-bond donors (Lipinski definition) is 1. The largest absolute Gasteiger partial charge is 0.383 e. The SMILES string of the molecule is CCC(COC)NCc1ccc(Br)c(Cl)c1. The van der Waals surface area contributed by atoms with Gasteiger partial charge in [0.25, 0.3) is 0 Å². The van der Waals surface area contributed by atoms with Gasteiger partial charge in [-0.05, 0) is 40.0 Å². The first-order valence-corrected chi connectivity index (χ1v) is 6.50. The van der Waals surface area contributed by atoms with Crippen molar-refractivity contribution < 1.29 is 4.74 Å². The second-order valence-corrected chi connectivity index (χ2v) is 4.95. The van der Waals surface area contributed by atoms with Crippen LogP contribution in [0.1, 0.15) is 18.9 Å². The van der Waals surface area contributed by atoms with Crippen LogP contribution in [0.5, 0.6) is 0 Å². The quantitative estimate of drug-likeness (QED) is 0.867. The fraction of sp³-hybridized carbons (Fsp3) is 0.500. The molecule has 16 heavy (non-hydrogen) atoms. The van der Waals surface area contributed by atoms with E-state index in [-0.39, 0.29) is 0 Å². The summed E-state index contributed by atoms with van der Waals surface area (Å²) in [5.74, 6) is 0. The molecule has 0 aliphatic carbocycles. The molecule has 0 aliphatic heterocycles. The molecule has 0 radical (unpaired) electrons. The van der Waals surface area contributed by atoms with Crippen molar-refractivity contribution in [2.24, 2.45) is 0 Å². The van der Waals surface area contributed by atoms with Crippen LogP contribution in [0.3, 0.4) is 0 Å². The Balaban J connectivity index is 2.50. The minimum Gasteiger partial charge on any atom is -0.383 e. The Morgan fingerprint density at radius 1 is 1.50 bits per heavy atom. The van der Waals surface area contributed by atoms with Crippen LogP contribution in [0.4, 0.5) is 0 Å². The van der Waals surface area contributed by atoms with Crippen LogP contribution in [-0.4, -0.2) is 19.8 Å². The zero-order valence-corrected chi connectivity index (χ0v) is 11.9. The van der Waals surface area contributed by atoms with Crippen molar-refractivity contribution in [2.75, 3.05) is 13.7 Å². The van der Waals surface area contributed by atoms with Gasteiger partial charge in [0, 0.05) is 24.2 Å². The summed E-state index contributed by atoms with van der Waals surface area (Å²) < 4.78 is 6.06. The standard InChI is InChI=1S/C12H17BrClNO/c1-3-10(8-16-2)15-7-9-4-5-11(13)12(14)6-9/h4-6,10,15H,3,7-8H2,1-2H3. The van der Waals surface area contributed by atoms with Crippen LogP contribution in [0, 0.1) is 0 Å². The minimum absolute atomic E-state index is 0.396. The van der Waals surface area contributed by atoms with Crippen LogP contribution in [0.25, 0.3) is 0 Å². The first-order chi connectivity index (χ1) is 7.67. The van der Waals surface area contributed by atoms with Crippen molar-refractivity contribution in [1.29, 1.82) is 0 Å². The van der Waals surface area contributed by atoms with Gasteiger partial charge in [0.1, 0.15) is 0 Å². The lowest BCUT2D eigenvalue weighted by Crippen LogP contribution is -2.31. The summed E-state index contributed by atoms with van der Waals surface area (Å²) in [6.07, 6.45) is 1.05. The molecule has 1 atom stereocenters. The van der Waals surface area contributed by atoms with Crippen LogP contribution in [0.2, 0.25) is 5.02 Å². The maximum absolute atomic E-state index is 6.02. The van der Waals surface area contributed by atoms with E-state index in [4.69, 9.17) is 16.3 Å². The van der Waals surface area contributed by atoms with E-state index in [2.05, 4.69) is 34.2 Å². The summed E-state index contributed by atoms with van der Waals surface area (Å²) in [4.78, 5) is 0. The van der Waals surface area contributed by atoms with Gasteiger partial charge in [-0.25, -0.2) is 0 Å². The van der Waals surface area contributed by atoms with Crippen LogP contribution in [0.15, 0.2) is 22.7 Å². The maximum Gasteiger partial charge on any atom is 0.0615 e. The normalized spacial score (nSPS) is 12.8. The number of hydrogen-bond acceptors (Lipinski definition) is 2. The lowest BCUT2D eigenvalue weighted by molar-refractivity contribution is 0.164. The molecule has 0 aromatic heterocycles. The van der Waals surface area contributed by atoms with E-state index >= 15 is 0 Å². The van der Waals surface area contributed by atoms with Crippen LogP contribution in [-0.2, 0) is 11.3 Å². The van der Waals surface area contributed by atoms with E-state index < -0.39 is 0 Å². The van der Waals surface area contributed by atoms with Gasteiger partial charge in [-0.1, -0.05) is 24.6 Å². The van der Waals surface area contributed by atoms with E-state index in [1.807, 2.05) is 12.1 Å². The Bertz CT molecular complexity index is 333. The molecule has 0 saturated heterocycles. The van der Waals surface area contributed by atoms with Gasteiger partial charge in [0.05, 0.1) is 11.6 Å². The van der Waals surface area contributed by atoms with E-state index in [0.29, 0.717) is 6.04 Å². The summed E-state index contributed by atoms with van der Waals surface area (Å²) >= 11 is 9.40. The molecule has 0 saturated carbocycles. The zero-order valence-electron chi connectivity index (χ0n) is 9.59. The number of halogens is 2. The van der Waals surface area contributed by atoms with E-state index in [9.17, 15) is 0 Å². The third-order valence-electron chi connectivity index (χ3n) is 2.44. The van der Waals surface area contributed by atoms with Gasteiger partial charge < -0.3 is 10.1 Å². The molecule has 4 heteroatoms. The summed E-state index contributed by atoms with van der Waals surface area (Å²) in [7, 11) is 1.72. The van der Waals surface area contributed by atoms with Crippen LogP contribution >= 0.6 is 27.5 Å². The third-order valence-corrected chi connectivity index (χ3v) is 3.67. The second-order valence-electron chi connectivity index (χ2n) is 3.69. The van der Waals surface area contributed by atoms with Crippen LogP contribution < -0.4 is 5.32 Å². The maximum atomic E-state index is 6.02. The van der Waals surface area contributed by atoms with E-state index in [1.54, 1.807) is 7.11 Å². The number of benzene rings is 1. The highest BCUT2D eigenvalue weighted by Gasteiger charge is 2.05. The second kappa shape index (κ2) is 7.28. The Morgan fingerprint density at radius 2 is 2.25 bits per heavy atom. The number of rotatable bonds is 6. The predicted molar refractivity (Wildman–Crippen MR) is 71.9 cm³/mol. The Labute approximate surface area is 110 Å². The van der Waals surface area contributed by atoms with Crippen molar-refractivity contribution in [3.05, 3.63) is 33.3 Å². The molecule has 1 unspecified atom stereocenters. The van der Waals surface area contributed by atoms with Gasteiger partial charge in [-0.2, -0.15) is 0 Å². The van der Waals surface area contributed by atoms with Gasteiger partial charge in [-0.15, -0.1) is 0 Å². The lowest BCUT2D eigenvalue weighted by Gasteiger charge is -2.16. The Morgan fingerprint density at radius 3 is 2.81 bits per heavy atom. The molecule has 0 amide bonds. The summed E-state index contributed by atoms with van der Waals surface area (Å²) in [5, 5.41) is 4.18. The topological polar surface area (TPSA) is 21.3 Å². The van der Waals surface area contributed by atoms with Crippen molar-refractivity contribution >= 4 is 27.5 Å². The molecule has 0 aliphatic rings. The molecule has 0 fully saturated rings. The van der Waals surface area contributed by atoms with Gasteiger partial charge >= 0.3 is 0 Å². The molecule has 1 N–H and O–H groups in total. The van der Waals surface area contributed by atoms with E-state index in [0.717, 1.165) is 29.1 Å². The molecule has 1 aromatic carbocycles. The fourth-order valence-electron chi connectivity index (χ4n) is 1.43. The molecule has 2 nitrogen and oxygen atoms in total. The van der Waals surface area contributed by atoms with E-state index in [1.165, 1.54) is 5.56 Å². The lowest BCUT2D eigenvalue weighted by atomic mass is 10.2. The molecule has 0 heterocycles. The molecule has 0 spiro atoms. The number of methoxy groups -OCH3 is 1. The molecule has 90 valence electrons. The summed E-state index contributed by atoms with van der Waals surface area (Å²) in [6.45, 7) is 3.70. The highest BCUT2D eigenvalue weighted by Crippen LogP contribution is 2.23. The highest BCUT2D eigenvalue weighted by molar-refractivity contribution is 9.10. The molecular formula is C12H17BrClNO. The summed E-state index contributed by atoms with van der Waals surface area (Å²) in [6, 6.07) is 6.39. The van der Waals surface area contributed by atoms with Gasteiger partial charge in [0.15, 0.2) is 0 Å². The zero-order chi connectivity index (χ0) is 12.0. The summed E-state index contributed by atoms with van der Waals surface area (Å²) in [5.41, 5.74) is 1.18. The van der Waals surface area contributed by atoms with Crippen molar-refractivity contribution in [3.63, 3.8) is 0 Å². The van der Waals surface area contributed by atoms with Crippen molar-refractivity contribution in [3.8, 4) is 0 Å². The Kier molecular flexibility index (Phi) is 6.36. The van der Waals surface area contributed by atoms with Crippen molar-refractivity contribution in [2.45, 2.75) is 25.9 Å². The first kappa shape index (κ1) is 14.0. The van der Waals surface area contributed by atoms with Gasteiger partial charge in [-0.3, -0.25) is 0 Å². The molecule has 1 aromatic rings. The Hall–Kier alpha value is -0.0900. The molecular weight excluding hydrogens is 289 g/mol. The monoisotopic (exact) mass is 305 g/mol. The first-order valence-electron chi connectivity index (χ1n) is 5.33. The fourth-order valence-corrected chi connectivity index (χ4v) is 1.88. The van der Waals surface area contributed by atoms with Crippen molar-refractivity contribution in [1.82, 2.24) is 5.32 Å². The highest BCUT2D eigenvalue weighted by atomic mass is 79.9. The molecule has 0 bridgehead atoms. The minimum atomic E-state index is 0.396. The number of ether oxygens (including phenoxy) is 1. The average molecular weight is 307 g/mol. The smallest absolute Gasteiger partial charge is 0.0615 e.